The maximum absolute atomic E-state index is 6.17. The molecule has 0 aromatic heterocycles. The standard InChI is InChI=1S/C19H32N2/c1-4-12-21-13-6-5-7-19(21)18(14-20)17-10-8-16(9-11-17)15(2)3/h8-11,15,18-19H,4-7,12-14,20H2,1-3H3. The second kappa shape index (κ2) is 7.95. The summed E-state index contributed by atoms with van der Waals surface area (Å²) in [6, 6.07) is 9.83. The molecule has 0 radical (unpaired) electrons. The van der Waals surface area contributed by atoms with E-state index in [9.17, 15) is 0 Å². The normalized spacial score (nSPS) is 21.7. The Hall–Kier alpha value is -0.860. The van der Waals surface area contributed by atoms with Crippen molar-refractivity contribution < 1.29 is 0 Å². The van der Waals surface area contributed by atoms with E-state index in [-0.39, 0.29) is 0 Å². The van der Waals surface area contributed by atoms with Crippen molar-refractivity contribution in [3.05, 3.63) is 35.4 Å². The van der Waals surface area contributed by atoms with E-state index < -0.39 is 0 Å². The molecular formula is C19H32N2. The van der Waals surface area contributed by atoms with E-state index in [1.54, 1.807) is 0 Å². The van der Waals surface area contributed by atoms with Gasteiger partial charge < -0.3 is 5.73 Å². The molecule has 1 aliphatic heterocycles. The summed E-state index contributed by atoms with van der Waals surface area (Å²) in [7, 11) is 0. The molecule has 2 rings (SSSR count). The fraction of sp³-hybridized carbons (Fsp3) is 0.684. The van der Waals surface area contributed by atoms with Gasteiger partial charge in [-0.2, -0.15) is 0 Å². The molecule has 1 fully saturated rings. The van der Waals surface area contributed by atoms with Gasteiger partial charge in [-0.15, -0.1) is 0 Å². The molecular weight excluding hydrogens is 256 g/mol. The Morgan fingerprint density at radius 2 is 1.81 bits per heavy atom. The van der Waals surface area contributed by atoms with E-state index in [4.69, 9.17) is 5.73 Å². The molecule has 2 N–H and O–H groups in total. The van der Waals surface area contributed by atoms with Crippen LogP contribution < -0.4 is 5.73 Å². The maximum Gasteiger partial charge on any atom is 0.0176 e. The number of rotatable bonds is 6. The highest BCUT2D eigenvalue weighted by molar-refractivity contribution is 5.28. The topological polar surface area (TPSA) is 29.3 Å². The first kappa shape index (κ1) is 16.5. The summed E-state index contributed by atoms with van der Waals surface area (Å²) in [6.07, 6.45) is 5.24. The van der Waals surface area contributed by atoms with E-state index in [1.807, 2.05) is 0 Å². The minimum atomic E-state index is 0.484. The fourth-order valence-electron chi connectivity index (χ4n) is 3.68. The van der Waals surface area contributed by atoms with Crippen LogP contribution in [-0.4, -0.2) is 30.6 Å². The van der Waals surface area contributed by atoms with Gasteiger partial charge in [0.1, 0.15) is 0 Å². The van der Waals surface area contributed by atoms with E-state index in [0.29, 0.717) is 17.9 Å². The number of nitrogens with zero attached hydrogens (tertiary/aromatic N) is 1. The van der Waals surface area contributed by atoms with Gasteiger partial charge in [-0.1, -0.05) is 51.5 Å². The van der Waals surface area contributed by atoms with Crippen LogP contribution in [0.25, 0.3) is 0 Å². The maximum atomic E-state index is 6.17. The lowest BCUT2D eigenvalue weighted by molar-refractivity contribution is 0.127. The summed E-state index contributed by atoms with van der Waals surface area (Å²) in [4.78, 5) is 2.68. The first-order valence-electron chi connectivity index (χ1n) is 8.71. The van der Waals surface area contributed by atoms with Gasteiger partial charge in [0.15, 0.2) is 0 Å². The highest BCUT2D eigenvalue weighted by atomic mass is 15.2. The number of likely N-dealkylation sites (tertiary alicyclic amines) is 1. The lowest BCUT2D eigenvalue weighted by atomic mass is 9.84. The first-order valence-corrected chi connectivity index (χ1v) is 8.71. The van der Waals surface area contributed by atoms with Gasteiger partial charge in [-0.3, -0.25) is 4.90 Å². The van der Waals surface area contributed by atoms with Crippen molar-refractivity contribution in [3.63, 3.8) is 0 Å². The zero-order valence-electron chi connectivity index (χ0n) is 14.0. The van der Waals surface area contributed by atoms with Gasteiger partial charge in [-0.05, 0) is 49.4 Å². The van der Waals surface area contributed by atoms with E-state index in [2.05, 4.69) is 49.9 Å². The third-order valence-electron chi connectivity index (χ3n) is 4.92. The molecule has 0 bridgehead atoms. The van der Waals surface area contributed by atoms with Crippen molar-refractivity contribution in [2.24, 2.45) is 5.73 Å². The molecule has 1 aliphatic rings. The molecule has 2 unspecified atom stereocenters. The van der Waals surface area contributed by atoms with Gasteiger partial charge >= 0.3 is 0 Å². The van der Waals surface area contributed by atoms with Crippen LogP contribution in [0.2, 0.25) is 0 Å². The number of hydrogen-bond acceptors (Lipinski definition) is 2. The number of piperidine rings is 1. The second-order valence-electron chi connectivity index (χ2n) is 6.76. The zero-order valence-corrected chi connectivity index (χ0v) is 14.0. The van der Waals surface area contributed by atoms with Crippen molar-refractivity contribution in [1.82, 2.24) is 4.90 Å². The molecule has 2 heteroatoms. The third-order valence-corrected chi connectivity index (χ3v) is 4.92. The zero-order chi connectivity index (χ0) is 15.2. The van der Waals surface area contributed by atoms with Crippen LogP contribution in [0.4, 0.5) is 0 Å². The van der Waals surface area contributed by atoms with Gasteiger partial charge in [0.05, 0.1) is 0 Å². The van der Waals surface area contributed by atoms with Crippen LogP contribution in [-0.2, 0) is 0 Å². The fourth-order valence-corrected chi connectivity index (χ4v) is 3.68. The Labute approximate surface area is 130 Å². The Balaban J connectivity index is 2.16. The molecule has 1 aromatic carbocycles. The SMILES string of the molecule is CCCN1CCCCC1C(CN)c1ccc(C(C)C)cc1. The molecule has 21 heavy (non-hydrogen) atoms. The van der Waals surface area contributed by atoms with Crippen LogP contribution in [0.5, 0.6) is 0 Å². The predicted molar refractivity (Wildman–Crippen MR) is 91.8 cm³/mol. The number of nitrogens with two attached hydrogens (primary N) is 1. The van der Waals surface area contributed by atoms with Crippen LogP contribution in [0.15, 0.2) is 24.3 Å². The molecule has 1 aromatic rings. The number of benzene rings is 1. The Morgan fingerprint density at radius 3 is 2.38 bits per heavy atom. The molecule has 0 aliphatic carbocycles. The molecule has 0 spiro atoms. The summed E-state index contributed by atoms with van der Waals surface area (Å²) in [5.41, 5.74) is 9.01. The molecule has 118 valence electrons. The average molecular weight is 288 g/mol. The Morgan fingerprint density at radius 1 is 1.14 bits per heavy atom. The van der Waals surface area contributed by atoms with Crippen LogP contribution in [0, 0.1) is 0 Å². The predicted octanol–water partition coefficient (Wildman–Crippen LogP) is 4.12. The lowest BCUT2D eigenvalue weighted by Crippen LogP contribution is -2.45. The summed E-state index contributed by atoms with van der Waals surface area (Å²) in [6.45, 7) is 10.00. The Kier molecular flexibility index (Phi) is 6.25. The highest BCUT2D eigenvalue weighted by Crippen LogP contribution is 2.30. The van der Waals surface area contributed by atoms with Gasteiger partial charge in [0, 0.05) is 18.5 Å². The minimum Gasteiger partial charge on any atom is -0.330 e. The molecule has 1 heterocycles. The van der Waals surface area contributed by atoms with Crippen molar-refractivity contribution in [1.29, 1.82) is 0 Å². The van der Waals surface area contributed by atoms with Crippen molar-refractivity contribution >= 4 is 0 Å². The molecule has 2 atom stereocenters. The first-order chi connectivity index (χ1) is 10.2. The summed E-state index contributed by atoms with van der Waals surface area (Å²) >= 11 is 0. The molecule has 1 saturated heterocycles. The van der Waals surface area contributed by atoms with Crippen molar-refractivity contribution in [3.8, 4) is 0 Å². The summed E-state index contributed by atoms with van der Waals surface area (Å²) < 4.78 is 0. The summed E-state index contributed by atoms with van der Waals surface area (Å²) in [5, 5.41) is 0. The average Bonchev–Trinajstić information content (AvgIpc) is 2.50. The largest absolute Gasteiger partial charge is 0.330 e. The highest BCUT2D eigenvalue weighted by Gasteiger charge is 2.29. The number of hydrogen-bond donors (Lipinski definition) is 1. The molecule has 2 nitrogen and oxygen atoms in total. The van der Waals surface area contributed by atoms with E-state index in [1.165, 1.54) is 49.9 Å². The summed E-state index contributed by atoms with van der Waals surface area (Å²) in [5.74, 6) is 1.08. The minimum absolute atomic E-state index is 0.484. The second-order valence-corrected chi connectivity index (χ2v) is 6.76. The van der Waals surface area contributed by atoms with E-state index in [0.717, 1.165) is 6.54 Å². The van der Waals surface area contributed by atoms with Crippen LogP contribution in [0.3, 0.4) is 0 Å². The van der Waals surface area contributed by atoms with Crippen molar-refractivity contribution in [2.45, 2.75) is 64.3 Å². The van der Waals surface area contributed by atoms with Gasteiger partial charge in [0.25, 0.3) is 0 Å². The molecule has 0 saturated carbocycles. The monoisotopic (exact) mass is 288 g/mol. The quantitative estimate of drug-likeness (QED) is 0.853. The third kappa shape index (κ3) is 4.08. The van der Waals surface area contributed by atoms with Crippen molar-refractivity contribution in [2.75, 3.05) is 19.6 Å². The van der Waals surface area contributed by atoms with Crippen LogP contribution in [0.1, 0.15) is 69.4 Å². The Bertz CT molecular complexity index is 408. The van der Waals surface area contributed by atoms with Crippen LogP contribution >= 0.6 is 0 Å². The smallest absolute Gasteiger partial charge is 0.0176 e. The van der Waals surface area contributed by atoms with Gasteiger partial charge in [0.2, 0.25) is 0 Å². The lowest BCUT2D eigenvalue weighted by Gasteiger charge is -2.40. The van der Waals surface area contributed by atoms with E-state index >= 15 is 0 Å². The molecule has 0 amide bonds. The van der Waals surface area contributed by atoms with Gasteiger partial charge in [-0.25, -0.2) is 0 Å².